The zero-order chi connectivity index (χ0) is 25.1. The molecular weight excluding hydrogens is 470 g/mol. The number of pyridine rings is 1. The average Bonchev–Trinajstić information content (AvgIpc) is 3.51. The molecule has 8 aromatic rings. The number of benzene rings is 4. The fraction of sp³-hybridized carbons (Fsp3) is 0. The van der Waals surface area contributed by atoms with Crippen molar-refractivity contribution in [2.75, 3.05) is 0 Å². The van der Waals surface area contributed by atoms with E-state index < -0.39 is 0 Å². The second-order valence-corrected chi connectivity index (χ2v) is 9.17. The van der Waals surface area contributed by atoms with Crippen molar-refractivity contribution in [3.8, 4) is 28.7 Å². The molecule has 0 amide bonds. The van der Waals surface area contributed by atoms with E-state index in [0.29, 0.717) is 17.6 Å². The summed E-state index contributed by atoms with van der Waals surface area (Å²) in [5, 5.41) is 2.02. The predicted molar refractivity (Wildman–Crippen MR) is 150 cm³/mol. The van der Waals surface area contributed by atoms with Crippen LogP contribution in [-0.4, -0.2) is 24.5 Å². The number of furan rings is 1. The maximum absolute atomic E-state index is 6.20. The Balaban J connectivity index is 1.48. The Hall–Kier alpha value is -5.36. The van der Waals surface area contributed by atoms with Crippen LogP contribution < -0.4 is 0 Å². The molecule has 0 bridgehead atoms. The molecule has 8 rings (SSSR count). The number of hydrogen-bond donors (Lipinski definition) is 0. The van der Waals surface area contributed by atoms with Crippen molar-refractivity contribution >= 4 is 44.0 Å². The van der Waals surface area contributed by atoms with Gasteiger partial charge in [-0.15, -0.1) is 0 Å². The lowest BCUT2D eigenvalue weighted by Gasteiger charge is -2.10. The smallest absolute Gasteiger partial charge is 0.238 e. The summed E-state index contributed by atoms with van der Waals surface area (Å²) in [6.45, 7) is 0. The summed E-state index contributed by atoms with van der Waals surface area (Å²) >= 11 is 0. The molecule has 0 N–H and O–H groups in total. The Morgan fingerprint density at radius 2 is 1.08 bits per heavy atom. The molecule has 4 heterocycles. The second kappa shape index (κ2) is 8.08. The lowest BCUT2D eigenvalue weighted by Crippen LogP contribution is -2.06. The molecular formula is C32H19N5O. The van der Waals surface area contributed by atoms with E-state index in [9.17, 15) is 0 Å². The highest BCUT2D eigenvalue weighted by molar-refractivity contribution is 6.13. The number of fused-ring (bicyclic) bond motifs is 6. The summed E-state index contributed by atoms with van der Waals surface area (Å²) in [5.41, 5.74) is 6.96. The van der Waals surface area contributed by atoms with Crippen LogP contribution in [-0.2, 0) is 0 Å². The van der Waals surface area contributed by atoms with E-state index in [4.69, 9.17) is 24.4 Å². The number of aromatic nitrogens is 5. The van der Waals surface area contributed by atoms with E-state index in [0.717, 1.165) is 55.1 Å². The first-order valence-electron chi connectivity index (χ1n) is 12.4. The Morgan fingerprint density at radius 1 is 0.474 bits per heavy atom. The molecule has 38 heavy (non-hydrogen) atoms. The molecule has 6 heteroatoms. The van der Waals surface area contributed by atoms with Crippen molar-refractivity contribution in [3.63, 3.8) is 0 Å². The van der Waals surface area contributed by atoms with Crippen LogP contribution in [0.15, 0.2) is 120 Å². The van der Waals surface area contributed by atoms with Crippen LogP contribution in [0.4, 0.5) is 0 Å². The third-order valence-corrected chi connectivity index (χ3v) is 6.86. The van der Waals surface area contributed by atoms with Crippen LogP contribution in [0.1, 0.15) is 0 Å². The van der Waals surface area contributed by atoms with Crippen LogP contribution >= 0.6 is 0 Å². The summed E-state index contributed by atoms with van der Waals surface area (Å²) in [6, 6.07) is 38.2. The average molecular weight is 490 g/mol. The van der Waals surface area contributed by atoms with Crippen molar-refractivity contribution in [2.24, 2.45) is 0 Å². The van der Waals surface area contributed by atoms with Gasteiger partial charge in [-0.2, -0.15) is 9.97 Å². The van der Waals surface area contributed by atoms with Gasteiger partial charge < -0.3 is 4.42 Å². The molecule has 0 fully saturated rings. The number of rotatable bonds is 3. The Kier molecular flexibility index (Phi) is 4.42. The van der Waals surface area contributed by atoms with Gasteiger partial charge in [0.15, 0.2) is 17.2 Å². The number of nitrogens with zero attached hydrogens (tertiary/aromatic N) is 5. The highest BCUT2D eigenvalue weighted by Gasteiger charge is 2.20. The lowest BCUT2D eigenvalue weighted by atomic mass is 10.2. The largest absolute Gasteiger partial charge is 0.454 e. The summed E-state index contributed by atoms with van der Waals surface area (Å²) in [4.78, 5) is 19.9. The van der Waals surface area contributed by atoms with Crippen LogP contribution in [0.2, 0.25) is 0 Å². The first-order valence-corrected chi connectivity index (χ1v) is 12.4. The Bertz CT molecular complexity index is 2070. The molecule has 0 aliphatic heterocycles. The van der Waals surface area contributed by atoms with E-state index in [1.54, 1.807) is 0 Å². The quantitative estimate of drug-likeness (QED) is 0.256. The zero-order valence-corrected chi connectivity index (χ0v) is 20.1. The Morgan fingerprint density at radius 3 is 1.79 bits per heavy atom. The molecule has 4 aromatic heterocycles. The van der Waals surface area contributed by atoms with Crippen LogP contribution in [0.25, 0.3) is 72.7 Å². The summed E-state index contributed by atoms with van der Waals surface area (Å²) < 4.78 is 8.26. The predicted octanol–water partition coefficient (Wildman–Crippen LogP) is 7.60. The lowest BCUT2D eigenvalue weighted by molar-refractivity contribution is 0.668. The van der Waals surface area contributed by atoms with Gasteiger partial charge in [0.2, 0.25) is 5.95 Å². The molecule has 0 spiro atoms. The fourth-order valence-corrected chi connectivity index (χ4v) is 5.11. The standard InChI is InChI=1S/C32H19N5O/c1-3-11-20(12-4-1)30-34-31(21-13-5-2-6-14-21)36-32(35-30)37-24-17-9-7-15-22(24)28-25(37)19-27-29(33-28)23-16-8-10-18-26(23)38-27/h1-19H. The molecule has 0 atom stereocenters. The topological polar surface area (TPSA) is 69.6 Å². The normalized spacial score (nSPS) is 11.7. The summed E-state index contributed by atoms with van der Waals surface area (Å²) in [7, 11) is 0. The maximum Gasteiger partial charge on any atom is 0.238 e. The van der Waals surface area contributed by atoms with Crippen molar-refractivity contribution in [1.82, 2.24) is 24.5 Å². The van der Waals surface area contributed by atoms with Gasteiger partial charge in [0.05, 0.1) is 16.6 Å². The van der Waals surface area contributed by atoms with Gasteiger partial charge in [0.25, 0.3) is 0 Å². The Labute approximate surface area is 216 Å². The third-order valence-electron chi connectivity index (χ3n) is 6.86. The SMILES string of the molecule is c1ccc(-c2nc(-c3ccccc3)nc(-n3c4ccccc4c4nc5c(cc43)oc3ccccc35)n2)cc1. The minimum Gasteiger partial charge on any atom is -0.454 e. The van der Waals surface area contributed by atoms with Gasteiger partial charge in [-0.3, -0.25) is 4.57 Å². The molecule has 0 aliphatic carbocycles. The zero-order valence-electron chi connectivity index (χ0n) is 20.1. The maximum atomic E-state index is 6.20. The van der Waals surface area contributed by atoms with E-state index in [2.05, 4.69) is 16.7 Å². The molecule has 0 aliphatic rings. The highest BCUT2D eigenvalue weighted by Crippen LogP contribution is 2.36. The monoisotopic (exact) mass is 489 g/mol. The van der Waals surface area contributed by atoms with Gasteiger partial charge in [-0.05, 0) is 18.2 Å². The van der Waals surface area contributed by atoms with E-state index in [-0.39, 0.29) is 0 Å². The molecule has 4 aromatic carbocycles. The van der Waals surface area contributed by atoms with Gasteiger partial charge in [0, 0.05) is 28.0 Å². The van der Waals surface area contributed by atoms with Gasteiger partial charge in [-0.1, -0.05) is 91.0 Å². The third kappa shape index (κ3) is 3.14. The highest BCUT2D eigenvalue weighted by atomic mass is 16.3. The fourth-order valence-electron chi connectivity index (χ4n) is 5.11. The minimum atomic E-state index is 0.529. The first kappa shape index (κ1) is 20.8. The van der Waals surface area contributed by atoms with Crippen molar-refractivity contribution in [3.05, 3.63) is 115 Å². The first-order chi connectivity index (χ1) is 18.8. The molecule has 0 saturated heterocycles. The summed E-state index contributed by atoms with van der Waals surface area (Å²) in [6.07, 6.45) is 0. The van der Waals surface area contributed by atoms with E-state index in [1.807, 2.05) is 103 Å². The number of hydrogen-bond acceptors (Lipinski definition) is 5. The molecule has 0 radical (unpaired) electrons. The number of para-hydroxylation sites is 2. The van der Waals surface area contributed by atoms with Crippen LogP contribution in [0, 0.1) is 0 Å². The molecule has 6 nitrogen and oxygen atoms in total. The van der Waals surface area contributed by atoms with Crippen LogP contribution in [0.3, 0.4) is 0 Å². The van der Waals surface area contributed by atoms with Gasteiger partial charge in [0.1, 0.15) is 11.1 Å². The van der Waals surface area contributed by atoms with E-state index in [1.165, 1.54) is 0 Å². The molecule has 178 valence electrons. The van der Waals surface area contributed by atoms with Gasteiger partial charge >= 0.3 is 0 Å². The van der Waals surface area contributed by atoms with Crippen molar-refractivity contribution in [1.29, 1.82) is 0 Å². The molecule has 0 unspecified atom stereocenters. The van der Waals surface area contributed by atoms with E-state index >= 15 is 0 Å². The molecule has 0 saturated carbocycles. The second-order valence-electron chi connectivity index (χ2n) is 9.17. The van der Waals surface area contributed by atoms with Crippen molar-refractivity contribution in [2.45, 2.75) is 0 Å². The van der Waals surface area contributed by atoms with Gasteiger partial charge in [-0.25, -0.2) is 9.97 Å². The van der Waals surface area contributed by atoms with Crippen molar-refractivity contribution < 1.29 is 4.42 Å². The van der Waals surface area contributed by atoms with Crippen LogP contribution in [0.5, 0.6) is 0 Å². The minimum absolute atomic E-state index is 0.529. The summed E-state index contributed by atoms with van der Waals surface area (Å²) in [5.74, 6) is 1.75.